The lowest BCUT2D eigenvalue weighted by molar-refractivity contribution is 1.06. The molecule has 0 spiro atoms. The first-order chi connectivity index (χ1) is 7.70. The van der Waals surface area contributed by atoms with Crippen LogP contribution in [0.3, 0.4) is 0 Å². The summed E-state index contributed by atoms with van der Waals surface area (Å²) in [6.45, 7) is 1.83. The molecule has 2 rings (SSSR count). The summed E-state index contributed by atoms with van der Waals surface area (Å²) < 4.78 is 0. The topological polar surface area (TPSA) is 88.5 Å². The Labute approximate surface area is 92.9 Å². The van der Waals surface area contributed by atoms with Gasteiger partial charge in [-0.25, -0.2) is 15.0 Å². The summed E-state index contributed by atoms with van der Waals surface area (Å²) in [5.41, 5.74) is 7.82. The molecule has 5 nitrogen and oxygen atoms in total. The van der Waals surface area contributed by atoms with Crippen LogP contribution in [0.15, 0.2) is 24.5 Å². The summed E-state index contributed by atoms with van der Waals surface area (Å²) in [6, 6.07) is 3.59. The predicted molar refractivity (Wildman–Crippen MR) is 62.3 cm³/mol. The Morgan fingerprint density at radius 2 is 2.19 bits per heavy atom. The van der Waals surface area contributed by atoms with Gasteiger partial charge in [-0.15, -0.1) is 0 Å². The monoisotopic (exact) mass is 213 g/mol. The quantitative estimate of drug-likeness (QED) is 0.738. The molecule has 0 saturated heterocycles. The van der Waals surface area contributed by atoms with Crippen molar-refractivity contribution in [2.75, 3.05) is 5.73 Å². The van der Waals surface area contributed by atoms with Crippen LogP contribution in [0.25, 0.3) is 11.3 Å². The maximum Gasteiger partial charge on any atom is 0.132 e. The molecule has 5 heteroatoms. The smallest absolute Gasteiger partial charge is 0.132 e. The van der Waals surface area contributed by atoms with E-state index < -0.39 is 0 Å². The van der Waals surface area contributed by atoms with Crippen molar-refractivity contribution < 1.29 is 0 Å². The molecule has 0 atom stereocenters. The van der Waals surface area contributed by atoms with E-state index in [1.165, 1.54) is 6.21 Å². The minimum Gasteiger partial charge on any atom is -0.383 e. The molecule has 0 saturated carbocycles. The second kappa shape index (κ2) is 4.06. The first-order valence-corrected chi connectivity index (χ1v) is 4.76. The zero-order valence-electron chi connectivity index (χ0n) is 8.81. The minimum atomic E-state index is 0.351. The molecule has 2 heterocycles. The lowest BCUT2D eigenvalue weighted by Crippen LogP contribution is -1.98. The van der Waals surface area contributed by atoms with Crippen molar-refractivity contribution >= 4 is 12.0 Å². The molecule has 16 heavy (non-hydrogen) atoms. The van der Waals surface area contributed by atoms with E-state index in [9.17, 15) is 0 Å². The molecule has 2 aromatic heterocycles. The fraction of sp³-hybridized carbons (Fsp3) is 0.0909. The van der Waals surface area contributed by atoms with Gasteiger partial charge in [0.25, 0.3) is 0 Å². The van der Waals surface area contributed by atoms with Crippen molar-refractivity contribution in [3.05, 3.63) is 35.9 Å². The van der Waals surface area contributed by atoms with Crippen LogP contribution in [0.5, 0.6) is 0 Å². The molecular weight excluding hydrogens is 202 g/mol. The third kappa shape index (κ3) is 1.88. The van der Waals surface area contributed by atoms with Crippen molar-refractivity contribution in [3.63, 3.8) is 0 Å². The average Bonchev–Trinajstić information content (AvgIpc) is 2.29. The van der Waals surface area contributed by atoms with E-state index in [1.807, 2.05) is 6.92 Å². The van der Waals surface area contributed by atoms with Crippen LogP contribution >= 0.6 is 0 Å². The van der Waals surface area contributed by atoms with E-state index in [1.54, 1.807) is 24.5 Å². The zero-order valence-corrected chi connectivity index (χ0v) is 8.81. The third-order valence-electron chi connectivity index (χ3n) is 2.18. The van der Waals surface area contributed by atoms with Crippen molar-refractivity contribution in [2.45, 2.75) is 6.92 Å². The lowest BCUT2D eigenvalue weighted by atomic mass is 10.1. The number of aryl methyl sites for hydroxylation is 1. The maximum atomic E-state index is 7.21. The number of nitrogen functional groups attached to an aromatic ring is 1. The molecule has 0 unspecified atom stereocenters. The maximum absolute atomic E-state index is 7.21. The number of aromatic nitrogens is 3. The molecular formula is C11H11N5. The van der Waals surface area contributed by atoms with Crippen LogP contribution in [-0.2, 0) is 0 Å². The van der Waals surface area contributed by atoms with E-state index >= 15 is 0 Å². The van der Waals surface area contributed by atoms with Gasteiger partial charge in [0.2, 0.25) is 0 Å². The zero-order chi connectivity index (χ0) is 11.5. The molecule has 0 aliphatic carbocycles. The highest BCUT2D eigenvalue weighted by atomic mass is 14.9. The Morgan fingerprint density at radius 3 is 2.88 bits per heavy atom. The van der Waals surface area contributed by atoms with Crippen LogP contribution in [-0.4, -0.2) is 21.2 Å². The SMILES string of the molecule is Cc1nccc(-c2cnc(N)c(C=N)c2)n1. The van der Waals surface area contributed by atoms with Crippen molar-refractivity contribution in [1.82, 2.24) is 15.0 Å². The predicted octanol–water partition coefficient (Wildman–Crippen LogP) is 1.43. The van der Waals surface area contributed by atoms with Crippen LogP contribution in [0.4, 0.5) is 5.82 Å². The molecule has 0 aliphatic rings. The highest BCUT2D eigenvalue weighted by Gasteiger charge is 2.04. The van der Waals surface area contributed by atoms with Gasteiger partial charge in [0.15, 0.2) is 0 Å². The molecule has 0 aliphatic heterocycles. The van der Waals surface area contributed by atoms with Crippen molar-refractivity contribution in [1.29, 1.82) is 5.41 Å². The molecule has 0 radical (unpaired) electrons. The highest BCUT2D eigenvalue weighted by Crippen LogP contribution is 2.18. The van der Waals surface area contributed by atoms with E-state index in [4.69, 9.17) is 11.1 Å². The molecule has 0 aromatic carbocycles. The molecule has 0 fully saturated rings. The fourth-order valence-corrected chi connectivity index (χ4v) is 1.37. The van der Waals surface area contributed by atoms with Crippen LogP contribution in [0, 0.1) is 12.3 Å². The standard InChI is InChI=1S/C11H11N5/c1-7-14-3-2-10(16-7)9-4-8(5-12)11(13)15-6-9/h2-6,12H,1H3,(H2,13,15). The van der Waals surface area contributed by atoms with Gasteiger partial charge in [-0.1, -0.05) is 0 Å². The highest BCUT2D eigenvalue weighted by molar-refractivity contribution is 5.85. The molecule has 0 amide bonds. The Kier molecular flexibility index (Phi) is 2.59. The Bertz CT molecular complexity index is 536. The number of nitrogens with zero attached hydrogens (tertiary/aromatic N) is 3. The number of anilines is 1. The van der Waals surface area contributed by atoms with Gasteiger partial charge < -0.3 is 11.1 Å². The Morgan fingerprint density at radius 1 is 1.38 bits per heavy atom. The summed E-state index contributed by atoms with van der Waals surface area (Å²) in [5, 5.41) is 7.21. The van der Waals surface area contributed by atoms with E-state index in [0.717, 1.165) is 11.3 Å². The van der Waals surface area contributed by atoms with E-state index in [0.29, 0.717) is 17.2 Å². The number of nitrogens with two attached hydrogens (primary N) is 1. The lowest BCUT2D eigenvalue weighted by Gasteiger charge is -2.04. The van der Waals surface area contributed by atoms with Crippen molar-refractivity contribution in [3.8, 4) is 11.3 Å². The van der Waals surface area contributed by atoms with E-state index in [2.05, 4.69) is 15.0 Å². The number of hydrogen-bond acceptors (Lipinski definition) is 5. The summed E-state index contributed by atoms with van der Waals surface area (Å²) in [4.78, 5) is 12.3. The molecule has 80 valence electrons. The first-order valence-electron chi connectivity index (χ1n) is 4.76. The summed E-state index contributed by atoms with van der Waals surface area (Å²) in [6.07, 6.45) is 4.52. The van der Waals surface area contributed by atoms with Gasteiger partial charge in [0.05, 0.1) is 5.69 Å². The van der Waals surface area contributed by atoms with Gasteiger partial charge >= 0.3 is 0 Å². The van der Waals surface area contributed by atoms with Crippen LogP contribution < -0.4 is 5.73 Å². The Balaban J connectivity index is 2.52. The second-order valence-electron chi connectivity index (χ2n) is 3.33. The third-order valence-corrected chi connectivity index (χ3v) is 2.18. The summed E-state index contributed by atoms with van der Waals surface area (Å²) in [7, 11) is 0. The number of pyridine rings is 1. The van der Waals surface area contributed by atoms with Gasteiger partial charge in [-0.3, -0.25) is 0 Å². The molecule has 2 aromatic rings. The van der Waals surface area contributed by atoms with Gasteiger partial charge in [-0.2, -0.15) is 0 Å². The normalized spacial score (nSPS) is 10.1. The fourth-order valence-electron chi connectivity index (χ4n) is 1.37. The summed E-state index contributed by atoms with van der Waals surface area (Å²) >= 11 is 0. The average molecular weight is 213 g/mol. The molecule has 3 N–H and O–H groups in total. The largest absolute Gasteiger partial charge is 0.383 e. The Hall–Kier alpha value is -2.30. The minimum absolute atomic E-state index is 0.351. The molecule has 0 bridgehead atoms. The first kappa shape index (κ1) is 10.2. The van der Waals surface area contributed by atoms with Gasteiger partial charge in [-0.05, 0) is 19.1 Å². The van der Waals surface area contributed by atoms with Gasteiger partial charge in [0, 0.05) is 29.7 Å². The summed E-state index contributed by atoms with van der Waals surface area (Å²) in [5.74, 6) is 1.05. The van der Waals surface area contributed by atoms with Gasteiger partial charge in [0.1, 0.15) is 11.6 Å². The van der Waals surface area contributed by atoms with E-state index in [-0.39, 0.29) is 0 Å². The van der Waals surface area contributed by atoms with Crippen molar-refractivity contribution in [2.24, 2.45) is 0 Å². The van der Waals surface area contributed by atoms with Crippen LogP contribution in [0.2, 0.25) is 0 Å². The second-order valence-corrected chi connectivity index (χ2v) is 3.33. The number of hydrogen-bond donors (Lipinski definition) is 2. The number of nitrogens with one attached hydrogen (secondary N) is 1. The van der Waals surface area contributed by atoms with Crippen LogP contribution in [0.1, 0.15) is 11.4 Å². The number of rotatable bonds is 2.